The fraction of sp³-hybridized carbons (Fsp3) is 0.318. The molecule has 0 bridgehead atoms. The van der Waals surface area contributed by atoms with Gasteiger partial charge in [0.1, 0.15) is 0 Å². The van der Waals surface area contributed by atoms with Crippen LogP contribution >= 0.6 is 0 Å². The van der Waals surface area contributed by atoms with Crippen LogP contribution in [0.25, 0.3) is 0 Å². The van der Waals surface area contributed by atoms with Crippen molar-refractivity contribution in [3.63, 3.8) is 0 Å². The van der Waals surface area contributed by atoms with E-state index in [4.69, 9.17) is 38.7 Å². The Bertz CT molecular complexity index is 966. The fourth-order valence-electron chi connectivity index (χ4n) is 2.78. The molecule has 3 rings (SSSR count). The molecule has 1 heterocycles. The van der Waals surface area contributed by atoms with E-state index >= 15 is 0 Å². The average molecular weight is 462 g/mol. The number of benzene rings is 2. The van der Waals surface area contributed by atoms with Crippen LogP contribution < -0.4 is 29.6 Å². The summed E-state index contributed by atoms with van der Waals surface area (Å²) in [5, 5.41) is 20.8. The van der Waals surface area contributed by atoms with Gasteiger partial charge < -0.3 is 39.8 Å². The van der Waals surface area contributed by atoms with Crippen LogP contribution in [0, 0.1) is 0 Å². The largest absolute Gasteiger partial charge is 0.493 e. The van der Waals surface area contributed by atoms with Gasteiger partial charge in [0.2, 0.25) is 12.7 Å². The number of carbonyl (C=O) groups excluding carboxylic acids is 1. The van der Waals surface area contributed by atoms with E-state index in [-0.39, 0.29) is 19.2 Å². The molecule has 0 fully saturated rings. The number of nitrogens with one attached hydrogen (secondary N) is 2. The van der Waals surface area contributed by atoms with Crippen molar-refractivity contribution in [2.24, 2.45) is 0 Å². The number of rotatable bonds is 9. The summed E-state index contributed by atoms with van der Waals surface area (Å²) in [6.45, 7) is 1.65. The molecule has 11 heteroatoms. The molecule has 1 aliphatic rings. The summed E-state index contributed by atoms with van der Waals surface area (Å²) in [5.74, 6) is -0.838. The Morgan fingerprint density at radius 3 is 2.24 bits per heavy atom. The van der Waals surface area contributed by atoms with Gasteiger partial charge in [0.15, 0.2) is 23.0 Å². The van der Waals surface area contributed by atoms with Gasteiger partial charge in [-0.3, -0.25) is 4.79 Å². The second kappa shape index (κ2) is 12.8. The van der Waals surface area contributed by atoms with Crippen LogP contribution in [0.15, 0.2) is 36.4 Å². The van der Waals surface area contributed by atoms with Crippen LogP contribution in [0.4, 0.5) is 0 Å². The molecule has 0 saturated heterocycles. The Hall–Kier alpha value is -3.99. The summed E-state index contributed by atoms with van der Waals surface area (Å²) in [6, 6.07) is 11.5. The van der Waals surface area contributed by atoms with Crippen molar-refractivity contribution in [3.8, 4) is 23.0 Å². The normalized spacial score (nSPS) is 11.1. The van der Waals surface area contributed by atoms with Crippen molar-refractivity contribution in [2.75, 3.05) is 34.1 Å². The zero-order valence-electron chi connectivity index (χ0n) is 18.3. The highest BCUT2D eigenvalue weighted by Crippen LogP contribution is 2.32. The van der Waals surface area contributed by atoms with Gasteiger partial charge in [0, 0.05) is 6.54 Å². The molecule has 11 nitrogen and oxygen atoms in total. The van der Waals surface area contributed by atoms with Gasteiger partial charge in [0.05, 0.1) is 20.8 Å². The standard InChI is InChI=1S/C20H24N2O5.C2H2O4/c1-24-16-5-3-14(9-18(16)25-2)7-8-21-12-20(23)22-11-15-4-6-17-19(10-15)27-13-26-17;3-1(4)2(5)6/h3-6,9-10,21H,7-8,11-13H2,1-2H3,(H,22,23);(H,3,4)(H,5,6). The van der Waals surface area contributed by atoms with Crippen LogP contribution in [-0.4, -0.2) is 62.2 Å². The molecule has 0 aliphatic carbocycles. The van der Waals surface area contributed by atoms with Gasteiger partial charge >= 0.3 is 11.9 Å². The van der Waals surface area contributed by atoms with Crippen molar-refractivity contribution in [1.82, 2.24) is 10.6 Å². The first kappa shape index (κ1) is 25.3. The van der Waals surface area contributed by atoms with E-state index in [1.807, 2.05) is 36.4 Å². The SMILES string of the molecule is COc1ccc(CCNCC(=O)NCc2ccc3c(c2)OCO3)cc1OC.O=C(O)C(=O)O. The number of ether oxygens (including phenoxy) is 4. The van der Waals surface area contributed by atoms with E-state index in [1.165, 1.54) is 0 Å². The molecule has 2 aromatic carbocycles. The second-order valence-electron chi connectivity index (χ2n) is 6.69. The minimum Gasteiger partial charge on any atom is -0.493 e. The van der Waals surface area contributed by atoms with Crippen molar-refractivity contribution >= 4 is 17.8 Å². The Morgan fingerprint density at radius 1 is 0.909 bits per heavy atom. The van der Waals surface area contributed by atoms with E-state index in [0.717, 1.165) is 29.0 Å². The van der Waals surface area contributed by atoms with E-state index in [9.17, 15) is 4.79 Å². The predicted molar refractivity (Wildman–Crippen MR) is 116 cm³/mol. The lowest BCUT2D eigenvalue weighted by molar-refractivity contribution is -0.159. The Morgan fingerprint density at radius 2 is 1.58 bits per heavy atom. The van der Waals surface area contributed by atoms with Crippen LogP contribution in [-0.2, 0) is 27.3 Å². The molecule has 33 heavy (non-hydrogen) atoms. The first-order valence-electron chi connectivity index (χ1n) is 9.87. The highest BCUT2D eigenvalue weighted by atomic mass is 16.7. The third kappa shape index (κ3) is 8.22. The third-order valence-corrected chi connectivity index (χ3v) is 4.43. The summed E-state index contributed by atoms with van der Waals surface area (Å²) in [6.07, 6.45) is 0.787. The van der Waals surface area contributed by atoms with Gasteiger partial charge in [-0.15, -0.1) is 0 Å². The van der Waals surface area contributed by atoms with Gasteiger partial charge in [-0.1, -0.05) is 12.1 Å². The van der Waals surface area contributed by atoms with E-state index in [1.54, 1.807) is 14.2 Å². The Labute approximate surface area is 190 Å². The molecule has 178 valence electrons. The lowest BCUT2D eigenvalue weighted by Crippen LogP contribution is -2.34. The van der Waals surface area contributed by atoms with E-state index in [0.29, 0.717) is 24.6 Å². The number of aliphatic carboxylic acids is 2. The molecule has 4 N–H and O–H groups in total. The zero-order chi connectivity index (χ0) is 24.2. The topological polar surface area (TPSA) is 153 Å². The second-order valence-corrected chi connectivity index (χ2v) is 6.69. The highest BCUT2D eigenvalue weighted by Gasteiger charge is 2.13. The van der Waals surface area contributed by atoms with E-state index < -0.39 is 11.9 Å². The molecular formula is C22H26N2O9. The minimum atomic E-state index is -1.82. The Kier molecular flexibility index (Phi) is 9.78. The highest BCUT2D eigenvalue weighted by molar-refractivity contribution is 6.27. The number of fused-ring (bicyclic) bond motifs is 1. The number of methoxy groups -OCH3 is 2. The Balaban J connectivity index is 0.000000569. The number of carbonyl (C=O) groups is 3. The number of carboxylic acids is 2. The summed E-state index contributed by atoms with van der Waals surface area (Å²) in [4.78, 5) is 30.2. The molecule has 0 saturated carbocycles. The lowest BCUT2D eigenvalue weighted by atomic mass is 10.1. The van der Waals surface area contributed by atoms with Crippen molar-refractivity contribution < 1.29 is 43.5 Å². The quantitative estimate of drug-likeness (QED) is 0.314. The van der Waals surface area contributed by atoms with Crippen LogP contribution in [0.5, 0.6) is 23.0 Å². The number of hydrogen-bond acceptors (Lipinski definition) is 8. The summed E-state index contributed by atoms with van der Waals surface area (Å²) in [5.41, 5.74) is 2.08. The molecule has 2 aromatic rings. The number of carboxylic acid groups (broad SMARTS) is 2. The molecule has 1 amide bonds. The maximum Gasteiger partial charge on any atom is 0.414 e. The fourth-order valence-corrected chi connectivity index (χ4v) is 2.78. The minimum absolute atomic E-state index is 0.0556. The predicted octanol–water partition coefficient (Wildman–Crippen LogP) is 1.04. The van der Waals surface area contributed by atoms with Crippen molar-refractivity contribution in [1.29, 1.82) is 0 Å². The summed E-state index contributed by atoms with van der Waals surface area (Å²) < 4.78 is 21.1. The zero-order valence-corrected chi connectivity index (χ0v) is 18.3. The average Bonchev–Trinajstić information content (AvgIpc) is 3.28. The van der Waals surface area contributed by atoms with Gasteiger partial charge in [-0.05, 0) is 48.4 Å². The van der Waals surface area contributed by atoms with Crippen LogP contribution in [0.2, 0.25) is 0 Å². The maximum absolute atomic E-state index is 12.0. The van der Waals surface area contributed by atoms with Crippen LogP contribution in [0.1, 0.15) is 11.1 Å². The van der Waals surface area contributed by atoms with Gasteiger partial charge in [-0.2, -0.15) is 0 Å². The lowest BCUT2D eigenvalue weighted by Gasteiger charge is -2.10. The molecule has 0 radical (unpaired) electrons. The molecule has 0 aromatic heterocycles. The molecule has 1 aliphatic heterocycles. The number of amides is 1. The third-order valence-electron chi connectivity index (χ3n) is 4.43. The van der Waals surface area contributed by atoms with Crippen LogP contribution in [0.3, 0.4) is 0 Å². The van der Waals surface area contributed by atoms with Crippen molar-refractivity contribution in [2.45, 2.75) is 13.0 Å². The molecule has 0 atom stereocenters. The first-order valence-corrected chi connectivity index (χ1v) is 9.87. The molecular weight excluding hydrogens is 436 g/mol. The van der Waals surface area contributed by atoms with Crippen molar-refractivity contribution in [3.05, 3.63) is 47.5 Å². The summed E-state index contributed by atoms with van der Waals surface area (Å²) >= 11 is 0. The molecule has 0 spiro atoms. The monoisotopic (exact) mass is 462 g/mol. The van der Waals surface area contributed by atoms with Gasteiger partial charge in [-0.25, -0.2) is 9.59 Å². The number of hydrogen-bond donors (Lipinski definition) is 4. The first-order chi connectivity index (χ1) is 15.8. The van der Waals surface area contributed by atoms with Gasteiger partial charge in [0.25, 0.3) is 0 Å². The van der Waals surface area contributed by atoms with E-state index in [2.05, 4.69) is 10.6 Å². The summed E-state index contributed by atoms with van der Waals surface area (Å²) in [7, 11) is 3.23. The molecule has 0 unspecified atom stereocenters. The maximum atomic E-state index is 12.0. The smallest absolute Gasteiger partial charge is 0.414 e.